The standard InChI is InChI=1S/C89H60N8/c1-9-25-57(26-10-1)81-65-53-80(87(63-37-21-7-22-38-63)78-51-49-76(95-78)85(61-33-17-5-18-34-61)74-47-45-72(93-74)83(59-29-13-3-14-30-59)70-43-41-68(81)91-70)97(55-65)56-67-66-54-90-89(67)88(64-39-23-8-24-40-64)79-52-50-77(96-79)86(62-35-19-6-20-36-62)75-48-46-73(94-75)84(60-31-15-4-16-32-60)71-44-42-69(92-71)82(66)58-27-11-2-12-28-58/h1-55,92-93,96H,56H2. The third-order valence-electron chi connectivity index (χ3n) is 18.8. The maximum atomic E-state index is 5.80. The molecule has 0 spiro atoms. The van der Waals surface area contributed by atoms with E-state index in [1.165, 1.54) is 0 Å². The predicted octanol–water partition coefficient (Wildman–Crippen LogP) is 19.3. The normalized spacial score (nSPS) is 13.9. The maximum absolute atomic E-state index is 5.80. The van der Waals surface area contributed by atoms with Gasteiger partial charge in [-0.15, -0.1) is 0 Å². The molecule has 10 heterocycles. The first-order chi connectivity index (χ1) is 48.1. The van der Waals surface area contributed by atoms with Gasteiger partial charge in [0, 0.05) is 106 Å². The maximum Gasteiger partial charge on any atom is 0.0785 e. The minimum atomic E-state index is 0.374. The Morgan fingerprint density at radius 3 is 1.13 bits per heavy atom. The molecule has 0 unspecified atom stereocenters. The van der Waals surface area contributed by atoms with E-state index in [1.807, 2.05) is 0 Å². The van der Waals surface area contributed by atoms with Gasteiger partial charge in [0.15, 0.2) is 0 Å². The van der Waals surface area contributed by atoms with Gasteiger partial charge in [0.1, 0.15) is 0 Å². The molecule has 0 aliphatic carbocycles. The van der Waals surface area contributed by atoms with Crippen molar-refractivity contribution < 1.29 is 0 Å². The largest absolute Gasteiger partial charge is 0.354 e. The van der Waals surface area contributed by atoms with Gasteiger partial charge in [-0.2, -0.15) is 0 Å². The van der Waals surface area contributed by atoms with Crippen molar-refractivity contribution in [1.29, 1.82) is 0 Å². The first-order valence-electron chi connectivity index (χ1n) is 32.9. The molecule has 18 rings (SSSR count). The fraction of sp³-hybridized carbons (Fsp3) is 0.0112. The molecule has 0 saturated carbocycles. The van der Waals surface area contributed by atoms with Crippen molar-refractivity contribution >= 4 is 79.8 Å². The molecule has 0 atom stereocenters. The molecule has 5 aliphatic rings. The van der Waals surface area contributed by atoms with Gasteiger partial charge in [-0.3, -0.25) is 4.99 Å². The Labute approximate surface area is 560 Å². The van der Waals surface area contributed by atoms with Crippen LogP contribution in [-0.4, -0.2) is 42.1 Å². The van der Waals surface area contributed by atoms with E-state index in [0.717, 1.165) is 184 Å². The summed E-state index contributed by atoms with van der Waals surface area (Å²) in [5.74, 6) is 0. The highest BCUT2D eigenvalue weighted by atomic mass is 15.0. The number of aliphatic imine (C=N–C) groups is 3. The van der Waals surface area contributed by atoms with Crippen LogP contribution >= 0.6 is 0 Å². The number of nitrogens with zero attached hydrogens (tertiary/aromatic N) is 5. The third kappa shape index (κ3) is 10.3. The second-order valence-electron chi connectivity index (χ2n) is 24.7. The number of rotatable bonds is 10. The molecule has 5 aliphatic heterocycles. The van der Waals surface area contributed by atoms with E-state index in [0.29, 0.717) is 6.54 Å². The van der Waals surface area contributed by atoms with E-state index in [9.17, 15) is 0 Å². The number of hydrogen-bond acceptors (Lipinski definition) is 4. The average Bonchev–Trinajstić information content (AvgIpc) is 1.59. The first kappa shape index (κ1) is 56.7. The van der Waals surface area contributed by atoms with Gasteiger partial charge in [-0.05, 0) is 123 Å². The van der Waals surface area contributed by atoms with Gasteiger partial charge < -0.3 is 19.5 Å². The van der Waals surface area contributed by atoms with E-state index in [-0.39, 0.29) is 0 Å². The summed E-state index contributed by atoms with van der Waals surface area (Å²) >= 11 is 0. The zero-order valence-corrected chi connectivity index (χ0v) is 52.7. The van der Waals surface area contributed by atoms with Crippen LogP contribution < -0.4 is 10.7 Å². The predicted molar refractivity (Wildman–Crippen MR) is 401 cm³/mol. The van der Waals surface area contributed by atoms with E-state index in [4.69, 9.17) is 20.0 Å². The smallest absolute Gasteiger partial charge is 0.0785 e. The van der Waals surface area contributed by atoms with Gasteiger partial charge in [-0.25, -0.2) is 15.0 Å². The van der Waals surface area contributed by atoms with Crippen LogP contribution in [0.3, 0.4) is 0 Å². The molecule has 8 aromatic carbocycles. The van der Waals surface area contributed by atoms with Crippen molar-refractivity contribution in [1.82, 2.24) is 24.5 Å². The summed E-state index contributed by atoms with van der Waals surface area (Å²) in [6.45, 7) is 0.374. The Morgan fingerprint density at radius 1 is 0.309 bits per heavy atom. The number of aromatic amines is 3. The molecule has 456 valence electrons. The Hall–Kier alpha value is -13.0. The lowest BCUT2D eigenvalue weighted by Crippen LogP contribution is -2.21. The summed E-state index contributed by atoms with van der Waals surface area (Å²) in [6, 6.07) is 101. The zero-order valence-electron chi connectivity index (χ0n) is 52.7. The molecular formula is C89H60N8. The number of allylic oxidation sites excluding steroid dienone is 4. The Balaban J connectivity index is 0.993. The van der Waals surface area contributed by atoms with E-state index >= 15 is 0 Å². The van der Waals surface area contributed by atoms with Crippen molar-refractivity contribution in [2.24, 2.45) is 15.0 Å². The quantitative estimate of drug-likeness (QED) is 0.125. The van der Waals surface area contributed by atoms with Gasteiger partial charge in [-0.1, -0.05) is 243 Å². The zero-order chi connectivity index (χ0) is 64.2. The van der Waals surface area contributed by atoms with Gasteiger partial charge in [0.25, 0.3) is 0 Å². The molecule has 8 nitrogen and oxygen atoms in total. The molecule has 0 amide bonds. The molecule has 3 N–H and O–H groups in total. The van der Waals surface area contributed by atoms with Crippen LogP contribution in [0.1, 0.15) is 56.0 Å². The summed E-state index contributed by atoms with van der Waals surface area (Å²) in [7, 11) is 0. The second kappa shape index (κ2) is 24.1. The molecule has 97 heavy (non-hydrogen) atoms. The van der Waals surface area contributed by atoms with Gasteiger partial charge in [0.2, 0.25) is 0 Å². The van der Waals surface area contributed by atoms with Gasteiger partial charge in [0.05, 0.1) is 52.1 Å². The summed E-state index contributed by atoms with van der Waals surface area (Å²) in [6.07, 6.45) is 17.5. The van der Waals surface area contributed by atoms with Crippen LogP contribution in [-0.2, 0) is 6.54 Å². The third-order valence-corrected chi connectivity index (χ3v) is 18.8. The van der Waals surface area contributed by atoms with Crippen LogP contribution in [0.25, 0.3) is 101 Å². The number of aromatic nitrogens is 5. The monoisotopic (exact) mass is 1240 g/mol. The molecule has 13 aromatic rings. The highest BCUT2D eigenvalue weighted by Crippen LogP contribution is 2.46. The lowest BCUT2D eigenvalue weighted by Gasteiger charge is -2.17. The fourth-order valence-electron chi connectivity index (χ4n) is 14.5. The molecular weight excluding hydrogens is 1180 g/mol. The highest BCUT2D eigenvalue weighted by Gasteiger charge is 2.29. The fourth-order valence-corrected chi connectivity index (χ4v) is 14.5. The van der Waals surface area contributed by atoms with Crippen LogP contribution in [0.4, 0.5) is 5.69 Å². The van der Waals surface area contributed by atoms with Crippen LogP contribution in [0.15, 0.2) is 342 Å². The molecule has 8 heteroatoms. The number of H-pyrrole nitrogens is 3. The Bertz CT molecular complexity index is 5700. The molecule has 0 fully saturated rings. The van der Waals surface area contributed by atoms with Crippen molar-refractivity contribution in [2.75, 3.05) is 0 Å². The molecule has 0 radical (unpaired) electrons. The Kier molecular flexibility index (Phi) is 14.1. The lowest BCUT2D eigenvalue weighted by atomic mass is 9.95. The number of nitrogens with one attached hydrogen (secondary N) is 3. The van der Waals surface area contributed by atoms with Crippen LogP contribution in [0.2, 0.25) is 0 Å². The lowest BCUT2D eigenvalue weighted by molar-refractivity contribution is 0.795. The first-order valence-corrected chi connectivity index (χ1v) is 32.9. The van der Waals surface area contributed by atoms with E-state index < -0.39 is 0 Å². The summed E-state index contributed by atoms with van der Waals surface area (Å²) in [4.78, 5) is 34.9. The van der Waals surface area contributed by atoms with Crippen molar-refractivity contribution in [2.45, 2.75) is 6.54 Å². The minimum absolute atomic E-state index is 0.374. The van der Waals surface area contributed by atoms with Crippen LogP contribution in [0.5, 0.6) is 0 Å². The summed E-state index contributed by atoms with van der Waals surface area (Å²) < 4.78 is 2.45. The van der Waals surface area contributed by atoms with E-state index in [2.05, 4.69) is 354 Å². The second-order valence-corrected chi connectivity index (χ2v) is 24.7. The van der Waals surface area contributed by atoms with Gasteiger partial charge >= 0.3 is 0 Å². The van der Waals surface area contributed by atoms with Crippen molar-refractivity contribution in [3.05, 3.63) is 394 Å². The van der Waals surface area contributed by atoms with Crippen molar-refractivity contribution in [3.63, 3.8) is 0 Å². The molecule has 16 bridgehead atoms. The highest BCUT2D eigenvalue weighted by molar-refractivity contribution is 6.32. The summed E-state index contributed by atoms with van der Waals surface area (Å²) in [5.41, 5.74) is 29.9. The molecule has 0 saturated heterocycles. The number of hydrogen-bond donors (Lipinski definition) is 3. The summed E-state index contributed by atoms with van der Waals surface area (Å²) in [5, 5.41) is 1.90. The van der Waals surface area contributed by atoms with Crippen LogP contribution in [0, 0.1) is 0 Å². The SMILES string of the molecule is C1=CC2=C(c3ccccc3)c3cc(n(Cc4c5c(-c6ccccc6)c6ccc([nH]6)c(-c6ccccc6)c6nc(c(-c7ccccc7)c7ccc([nH]7)c(-c7ccccc7)c4N=C5)C=C6)c3)C(c3ccccc3)=C3C=CC(=N3)C(c3ccccc3)=c3ccc([nH]3)=C(c3ccccc3)C1=N2. The molecule has 5 aromatic heterocycles. The van der Waals surface area contributed by atoms with E-state index in [1.54, 1.807) is 0 Å². The topological polar surface area (TPSA) is 102 Å². The Morgan fingerprint density at radius 2 is 0.680 bits per heavy atom. The average molecular weight is 1240 g/mol. The number of benzene rings is 8. The van der Waals surface area contributed by atoms with Crippen molar-refractivity contribution in [3.8, 4) is 44.5 Å². The number of fused-ring (bicyclic) bond motifs is 14. The minimum Gasteiger partial charge on any atom is -0.354 e.